The zero-order valence-corrected chi connectivity index (χ0v) is 20.4. The highest BCUT2D eigenvalue weighted by Gasteiger charge is 2.35. The molecule has 0 radical (unpaired) electrons. The highest BCUT2D eigenvalue weighted by atomic mass is 32.3. The van der Waals surface area contributed by atoms with E-state index in [9.17, 15) is 22.9 Å². The van der Waals surface area contributed by atoms with Gasteiger partial charge in [-0.05, 0) is 53.2 Å². The fourth-order valence-corrected chi connectivity index (χ4v) is 5.04. The minimum absolute atomic E-state index is 0.00946. The average Bonchev–Trinajstić information content (AvgIpc) is 3.12. The predicted octanol–water partition coefficient (Wildman–Crippen LogP) is 4.69. The van der Waals surface area contributed by atoms with Crippen LogP contribution in [-0.4, -0.2) is 22.7 Å². The number of carbonyl (C=O) groups is 1. The summed E-state index contributed by atoms with van der Waals surface area (Å²) in [6.45, 7) is 7.44. The number of hydrogen-bond donors (Lipinski definition) is 4. The first-order valence-electron chi connectivity index (χ1n) is 9.83. The first-order valence-corrected chi connectivity index (χ1v) is 12.3. The van der Waals surface area contributed by atoms with Crippen molar-refractivity contribution in [3.8, 4) is 5.75 Å². The number of benzene rings is 1. The number of carbonyl (C=O) groups excluding carboxylic acids is 1. The van der Waals surface area contributed by atoms with Crippen molar-refractivity contribution in [3.05, 3.63) is 34.5 Å². The van der Waals surface area contributed by atoms with Gasteiger partial charge in [-0.25, -0.2) is 9.78 Å². The molecule has 1 aromatic heterocycles. The molecule has 0 aliphatic carbocycles. The predicted molar refractivity (Wildman–Crippen MR) is 121 cm³/mol. The summed E-state index contributed by atoms with van der Waals surface area (Å²) in [4.78, 5) is 16.7. The summed E-state index contributed by atoms with van der Waals surface area (Å²) in [6.07, 6.45) is 1.25. The smallest absolute Gasteiger partial charge is 0.387 e. The minimum Gasteiger partial charge on any atom is -0.435 e. The molecule has 0 saturated heterocycles. The lowest BCUT2D eigenvalue weighted by Crippen LogP contribution is -2.44. The number of anilines is 1. The molecular formula is C20H29F2N4O4S2+. The number of hydrogen-bond acceptors (Lipinski definition) is 6. The maximum Gasteiger partial charge on any atom is 0.387 e. The molecular weight excluding hydrogens is 462 g/mol. The van der Waals surface area contributed by atoms with E-state index in [1.54, 1.807) is 0 Å². The van der Waals surface area contributed by atoms with Crippen LogP contribution >= 0.6 is 11.3 Å². The van der Waals surface area contributed by atoms with Crippen LogP contribution in [0.15, 0.2) is 22.5 Å². The molecule has 1 atom stereocenters. The summed E-state index contributed by atoms with van der Waals surface area (Å²) in [7, 11) is -3.50. The van der Waals surface area contributed by atoms with Crippen molar-refractivity contribution >= 4 is 33.4 Å². The third-order valence-electron chi connectivity index (χ3n) is 4.43. The lowest BCUT2D eigenvalue weighted by atomic mass is 9.92. The summed E-state index contributed by atoms with van der Waals surface area (Å²) in [5.74, 6) is -0.283. The van der Waals surface area contributed by atoms with E-state index in [4.69, 9.17) is 5.14 Å². The van der Waals surface area contributed by atoms with E-state index in [0.29, 0.717) is 21.8 Å². The quantitative estimate of drug-likeness (QED) is 0.399. The Morgan fingerprint density at radius 3 is 2.16 bits per heavy atom. The number of nitrogens with two attached hydrogens (primary N) is 1. The Hall–Kier alpha value is -2.15. The molecule has 8 nitrogen and oxygen atoms in total. The molecule has 2 amide bonds. The van der Waals surface area contributed by atoms with Crippen LogP contribution in [0.1, 0.15) is 69.5 Å². The fourth-order valence-electron chi connectivity index (χ4n) is 2.89. The zero-order valence-electron chi connectivity index (χ0n) is 18.7. The first kappa shape index (κ1) is 26.1. The maximum absolute atomic E-state index is 12.9. The number of nitrogens with one attached hydrogen (secondary N) is 2. The largest absolute Gasteiger partial charge is 0.435 e. The van der Waals surface area contributed by atoms with Gasteiger partial charge >= 0.3 is 12.6 Å². The highest BCUT2D eigenvalue weighted by Crippen LogP contribution is 2.37. The zero-order chi connectivity index (χ0) is 24.4. The van der Waals surface area contributed by atoms with E-state index >= 15 is 0 Å². The second-order valence-electron chi connectivity index (χ2n) is 8.36. The summed E-state index contributed by atoms with van der Waals surface area (Å²) >= 11 is 0.927. The van der Waals surface area contributed by atoms with Crippen molar-refractivity contribution < 1.29 is 27.6 Å². The van der Waals surface area contributed by atoms with Gasteiger partial charge in [0.1, 0.15) is 16.4 Å². The van der Waals surface area contributed by atoms with Gasteiger partial charge in [0.15, 0.2) is 0 Å². The van der Waals surface area contributed by atoms with Gasteiger partial charge in [-0.2, -0.15) is 8.78 Å². The van der Waals surface area contributed by atoms with Gasteiger partial charge in [-0.3, -0.25) is 0 Å². The fraction of sp³-hybridized carbons (Fsp3) is 0.500. The van der Waals surface area contributed by atoms with E-state index in [-0.39, 0.29) is 21.8 Å². The van der Waals surface area contributed by atoms with Gasteiger partial charge in [0.05, 0.1) is 6.20 Å². The molecule has 1 unspecified atom stereocenters. The van der Waals surface area contributed by atoms with Crippen molar-refractivity contribution in [2.24, 2.45) is 5.14 Å². The van der Waals surface area contributed by atoms with Crippen molar-refractivity contribution in [2.75, 3.05) is 5.32 Å². The van der Waals surface area contributed by atoms with E-state index in [1.165, 1.54) is 32.2 Å². The van der Waals surface area contributed by atoms with Gasteiger partial charge < -0.3 is 15.2 Å². The first-order chi connectivity index (χ1) is 14.6. The molecule has 32 heavy (non-hydrogen) atoms. The summed E-state index contributed by atoms with van der Waals surface area (Å²) < 4.78 is 45.4. The molecule has 178 valence electrons. The van der Waals surface area contributed by atoms with Gasteiger partial charge in [0.2, 0.25) is 0 Å². The Bertz CT molecular complexity index is 990. The number of aliphatic hydroxyl groups is 1. The third-order valence-corrected chi connectivity index (χ3v) is 7.72. The summed E-state index contributed by atoms with van der Waals surface area (Å²) in [5.41, 5.74) is 0.312. The van der Waals surface area contributed by atoms with Gasteiger partial charge in [-0.15, -0.1) is 9.86 Å². The van der Waals surface area contributed by atoms with Crippen molar-refractivity contribution in [3.63, 3.8) is 0 Å². The normalized spacial score (nSPS) is 14.0. The number of thiazole rings is 1. The topological polar surface area (TPSA) is 127 Å². The van der Waals surface area contributed by atoms with Gasteiger partial charge in [-0.1, -0.05) is 39.0 Å². The number of rotatable bonds is 8. The second-order valence-corrected chi connectivity index (χ2v) is 11.5. The average molecular weight is 492 g/mol. The van der Waals surface area contributed by atoms with Crippen LogP contribution in [0, 0.1) is 0 Å². The summed E-state index contributed by atoms with van der Waals surface area (Å²) in [6, 6.07) is 2.05. The number of alkyl halides is 2. The van der Waals surface area contributed by atoms with Gasteiger partial charge in [0, 0.05) is 5.69 Å². The Kier molecular flexibility index (Phi) is 7.97. The van der Waals surface area contributed by atoms with Crippen LogP contribution < -0.4 is 19.9 Å². The molecule has 1 aromatic carbocycles. The molecule has 1 heterocycles. The van der Waals surface area contributed by atoms with E-state index in [2.05, 4.69) is 19.8 Å². The molecule has 0 fully saturated rings. The number of ether oxygens (including phenoxy) is 1. The van der Waals surface area contributed by atoms with Crippen LogP contribution in [-0.2, 0) is 20.1 Å². The number of nitrogens with zero attached hydrogens (tertiary/aromatic N) is 1. The van der Waals surface area contributed by atoms with Crippen LogP contribution in [0.4, 0.5) is 19.3 Å². The Morgan fingerprint density at radius 1 is 1.22 bits per heavy atom. The summed E-state index contributed by atoms with van der Waals surface area (Å²) in [5, 5.41) is 18.9. The Labute approximate surface area is 191 Å². The molecule has 0 bridgehead atoms. The van der Waals surface area contributed by atoms with Crippen molar-refractivity contribution in [1.29, 1.82) is 0 Å². The third kappa shape index (κ3) is 6.44. The highest BCUT2D eigenvalue weighted by molar-refractivity contribution is 8.01. The minimum atomic E-state index is -3.50. The number of urea groups is 1. The number of amides is 2. The monoisotopic (exact) mass is 491 g/mol. The van der Waals surface area contributed by atoms with Crippen LogP contribution in [0.2, 0.25) is 0 Å². The Morgan fingerprint density at radius 2 is 1.75 bits per heavy atom. The van der Waals surface area contributed by atoms with E-state index in [1.807, 2.05) is 27.7 Å². The van der Waals surface area contributed by atoms with Gasteiger partial charge in [0.25, 0.3) is 14.5 Å². The number of halogens is 2. The SMILES string of the molecule is CC(C)c1cc(OC(F)F)cc(C(C)C)c1NC(=O)N[S+](N)(=O)c1cnc(C(C)(C)O)s1. The van der Waals surface area contributed by atoms with Crippen LogP contribution in [0.5, 0.6) is 5.75 Å². The molecule has 0 aliphatic rings. The number of aromatic nitrogens is 1. The molecule has 0 saturated carbocycles. The van der Waals surface area contributed by atoms with Crippen molar-refractivity contribution in [1.82, 2.24) is 9.71 Å². The molecule has 2 aromatic rings. The second kappa shape index (κ2) is 9.77. The maximum atomic E-state index is 12.9. The molecule has 0 aliphatic heterocycles. The van der Waals surface area contributed by atoms with Crippen molar-refractivity contribution in [2.45, 2.75) is 69.8 Å². The Balaban J connectivity index is 2.35. The molecule has 5 N–H and O–H groups in total. The molecule has 0 spiro atoms. The molecule has 2 rings (SSSR count). The molecule has 12 heteroatoms. The lowest BCUT2D eigenvalue weighted by Gasteiger charge is -2.22. The van der Waals surface area contributed by atoms with Crippen LogP contribution in [0.25, 0.3) is 0 Å². The van der Waals surface area contributed by atoms with E-state index < -0.39 is 28.5 Å². The standard InChI is InChI=1S/C20H28F2N4O4S2/c1-10(2)13-7-12(30-18(21)22)8-14(11(3)4)16(13)25-19(27)26-32(23,29)15-9-24-17(31-15)20(5,6)28/h7-11,18,28H,1-6H3,(H3-,23,25,26,27,29)/p+1. The van der Waals surface area contributed by atoms with Crippen LogP contribution in [0.3, 0.4) is 0 Å². The lowest BCUT2D eigenvalue weighted by molar-refractivity contribution is -0.0499. The van der Waals surface area contributed by atoms with E-state index in [0.717, 1.165) is 11.3 Å².